The van der Waals surface area contributed by atoms with Crippen LogP contribution in [0.5, 0.6) is 0 Å². The molecule has 0 aliphatic carbocycles. The molecule has 5 nitrogen and oxygen atoms in total. The summed E-state index contributed by atoms with van der Waals surface area (Å²) in [6.45, 7) is 2.13. The number of rotatable bonds is 3. The normalized spacial score (nSPS) is 9.67. The van der Waals surface area contributed by atoms with Gasteiger partial charge in [0.1, 0.15) is 6.61 Å². The Hall–Kier alpha value is -1.88. The first-order valence-electron chi connectivity index (χ1n) is 4.37. The van der Waals surface area contributed by atoms with Gasteiger partial charge in [-0.05, 0) is 18.1 Å². The van der Waals surface area contributed by atoms with Gasteiger partial charge in [-0.15, -0.1) is 0 Å². The number of carbonyl (C=O) groups excluding carboxylic acids is 2. The van der Waals surface area contributed by atoms with Crippen molar-refractivity contribution in [1.29, 1.82) is 0 Å². The fourth-order valence-corrected chi connectivity index (χ4v) is 1.00. The third kappa shape index (κ3) is 3.40. The molecule has 0 unspecified atom stereocenters. The fraction of sp³-hybridized carbons (Fsp3) is 0.200. The Morgan fingerprint density at radius 3 is 2.67 bits per heavy atom. The lowest BCUT2D eigenvalue weighted by molar-refractivity contribution is -0.146. The zero-order chi connectivity index (χ0) is 11.3. The number of nitrogens with two attached hydrogens (primary N) is 1. The van der Waals surface area contributed by atoms with Crippen LogP contribution < -0.4 is 11.2 Å². The largest absolute Gasteiger partial charge is 0.361 e. The van der Waals surface area contributed by atoms with Gasteiger partial charge in [-0.2, -0.15) is 0 Å². The number of carbonyl (C=O) groups is 2. The highest BCUT2D eigenvalue weighted by atomic mass is 16.7. The molecule has 0 aliphatic rings. The number of aryl methyl sites for hydroxylation is 1. The lowest BCUT2D eigenvalue weighted by atomic mass is 10.1. The smallest absolute Gasteiger partial charge is 0.332 e. The zero-order valence-electron chi connectivity index (χ0n) is 8.32. The van der Waals surface area contributed by atoms with Crippen molar-refractivity contribution in [2.24, 2.45) is 5.73 Å². The van der Waals surface area contributed by atoms with Gasteiger partial charge >= 0.3 is 11.8 Å². The highest BCUT2D eigenvalue weighted by Gasteiger charge is 2.07. The highest BCUT2D eigenvalue weighted by Crippen LogP contribution is 2.07. The van der Waals surface area contributed by atoms with Crippen LogP contribution in [0.4, 0.5) is 0 Å². The number of nitrogens with one attached hydrogen (secondary N) is 1. The summed E-state index contributed by atoms with van der Waals surface area (Å²) in [5, 5.41) is 0. The number of primary amides is 1. The molecule has 0 saturated carbocycles. The first-order chi connectivity index (χ1) is 7.11. The minimum atomic E-state index is -1.07. The van der Waals surface area contributed by atoms with E-state index < -0.39 is 11.8 Å². The number of hydrogen-bond acceptors (Lipinski definition) is 3. The topological polar surface area (TPSA) is 81.4 Å². The summed E-state index contributed by atoms with van der Waals surface area (Å²) in [6, 6.07) is 7.56. The van der Waals surface area contributed by atoms with E-state index in [4.69, 9.17) is 10.6 Å². The number of hydrogen-bond donors (Lipinski definition) is 2. The van der Waals surface area contributed by atoms with Gasteiger partial charge in [-0.3, -0.25) is 14.4 Å². The van der Waals surface area contributed by atoms with Crippen molar-refractivity contribution in [3.8, 4) is 0 Å². The monoisotopic (exact) mass is 208 g/mol. The van der Waals surface area contributed by atoms with Crippen LogP contribution in [0.3, 0.4) is 0 Å². The SMILES string of the molecule is Cc1ccccc1CONC(=O)C(N)=O. The Bertz CT molecular complexity index is 377. The van der Waals surface area contributed by atoms with Gasteiger partial charge < -0.3 is 5.73 Å². The maximum absolute atomic E-state index is 10.7. The van der Waals surface area contributed by atoms with Gasteiger partial charge in [-0.1, -0.05) is 24.3 Å². The molecule has 0 atom stereocenters. The lowest BCUT2D eigenvalue weighted by Crippen LogP contribution is -2.35. The van der Waals surface area contributed by atoms with Crippen LogP contribution in [0.1, 0.15) is 11.1 Å². The van der Waals surface area contributed by atoms with E-state index in [0.29, 0.717) is 0 Å². The summed E-state index contributed by atoms with van der Waals surface area (Å²) >= 11 is 0. The molecule has 3 N–H and O–H groups in total. The molecule has 15 heavy (non-hydrogen) atoms. The zero-order valence-corrected chi connectivity index (χ0v) is 8.32. The van der Waals surface area contributed by atoms with E-state index in [2.05, 4.69) is 0 Å². The van der Waals surface area contributed by atoms with E-state index in [9.17, 15) is 9.59 Å². The Morgan fingerprint density at radius 1 is 1.40 bits per heavy atom. The number of hydroxylamine groups is 1. The average molecular weight is 208 g/mol. The Morgan fingerprint density at radius 2 is 2.07 bits per heavy atom. The molecule has 1 rings (SSSR count). The molecule has 0 fully saturated rings. The summed E-state index contributed by atoms with van der Waals surface area (Å²) in [6.07, 6.45) is 0. The maximum atomic E-state index is 10.7. The van der Waals surface area contributed by atoms with E-state index in [1.807, 2.05) is 36.7 Å². The molecule has 0 spiro atoms. The lowest BCUT2D eigenvalue weighted by Gasteiger charge is -2.06. The van der Waals surface area contributed by atoms with Crippen molar-refractivity contribution in [3.63, 3.8) is 0 Å². The van der Waals surface area contributed by atoms with Crippen molar-refractivity contribution in [2.45, 2.75) is 13.5 Å². The molecular weight excluding hydrogens is 196 g/mol. The van der Waals surface area contributed by atoms with Gasteiger partial charge in [0.25, 0.3) is 0 Å². The quantitative estimate of drug-likeness (QED) is 0.543. The van der Waals surface area contributed by atoms with Crippen LogP contribution in [0.2, 0.25) is 0 Å². The van der Waals surface area contributed by atoms with Crippen LogP contribution in [0, 0.1) is 6.92 Å². The van der Waals surface area contributed by atoms with Crippen LogP contribution in [0.15, 0.2) is 24.3 Å². The third-order valence-electron chi connectivity index (χ3n) is 1.88. The minimum absolute atomic E-state index is 0.200. The molecular formula is C10H12N2O3. The van der Waals surface area contributed by atoms with Crippen LogP contribution >= 0.6 is 0 Å². The van der Waals surface area contributed by atoms with Crippen molar-refractivity contribution < 1.29 is 14.4 Å². The summed E-state index contributed by atoms with van der Waals surface area (Å²) in [5.74, 6) is -2.02. The van der Waals surface area contributed by atoms with E-state index in [0.717, 1.165) is 11.1 Å². The van der Waals surface area contributed by atoms with Gasteiger partial charge in [0.2, 0.25) is 0 Å². The molecule has 0 saturated heterocycles. The summed E-state index contributed by atoms with van der Waals surface area (Å²) < 4.78 is 0. The highest BCUT2D eigenvalue weighted by molar-refractivity contribution is 6.34. The summed E-state index contributed by atoms with van der Waals surface area (Å²) in [7, 11) is 0. The van der Waals surface area contributed by atoms with Crippen molar-refractivity contribution >= 4 is 11.8 Å². The Labute approximate surface area is 87.2 Å². The molecule has 0 aliphatic heterocycles. The fourth-order valence-electron chi connectivity index (χ4n) is 1.00. The number of amides is 2. The first kappa shape index (κ1) is 11.2. The second-order valence-electron chi connectivity index (χ2n) is 3.01. The molecule has 0 heterocycles. The third-order valence-corrected chi connectivity index (χ3v) is 1.88. The minimum Gasteiger partial charge on any atom is -0.361 e. The van der Waals surface area contributed by atoms with Gasteiger partial charge in [0, 0.05) is 0 Å². The molecule has 2 amide bonds. The molecule has 1 aromatic carbocycles. The Kier molecular flexibility index (Phi) is 3.82. The number of benzene rings is 1. The van der Waals surface area contributed by atoms with Crippen LogP contribution in [0.25, 0.3) is 0 Å². The molecule has 5 heteroatoms. The van der Waals surface area contributed by atoms with E-state index >= 15 is 0 Å². The maximum Gasteiger partial charge on any atom is 0.332 e. The van der Waals surface area contributed by atoms with E-state index in [1.54, 1.807) is 0 Å². The average Bonchev–Trinajstić information content (AvgIpc) is 2.20. The van der Waals surface area contributed by atoms with E-state index in [1.165, 1.54) is 0 Å². The van der Waals surface area contributed by atoms with Gasteiger partial charge in [0.15, 0.2) is 0 Å². The van der Waals surface area contributed by atoms with Crippen LogP contribution in [-0.4, -0.2) is 11.8 Å². The van der Waals surface area contributed by atoms with Crippen molar-refractivity contribution in [1.82, 2.24) is 5.48 Å². The van der Waals surface area contributed by atoms with Crippen molar-refractivity contribution in [3.05, 3.63) is 35.4 Å². The molecule has 80 valence electrons. The molecule has 1 aromatic rings. The Balaban J connectivity index is 2.42. The molecule has 0 aromatic heterocycles. The molecule has 0 radical (unpaired) electrons. The van der Waals surface area contributed by atoms with E-state index in [-0.39, 0.29) is 6.61 Å². The van der Waals surface area contributed by atoms with Crippen molar-refractivity contribution in [2.75, 3.05) is 0 Å². The summed E-state index contributed by atoms with van der Waals surface area (Å²) in [4.78, 5) is 25.9. The van der Waals surface area contributed by atoms with Crippen LogP contribution in [-0.2, 0) is 21.0 Å². The van der Waals surface area contributed by atoms with Gasteiger partial charge in [-0.25, -0.2) is 5.48 Å². The second-order valence-corrected chi connectivity index (χ2v) is 3.01. The predicted octanol–water partition coefficient (Wildman–Crippen LogP) is 0.0281. The van der Waals surface area contributed by atoms with Gasteiger partial charge in [0.05, 0.1) is 0 Å². The molecule has 0 bridgehead atoms. The standard InChI is InChI=1S/C10H12N2O3/c1-7-4-2-3-5-8(7)6-15-12-10(14)9(11)13/h2-5H,6H2,1H3,(H2,11,13)(H,12,14). The summed E-state index contributed by atoms with van der Waals surface area (Å²) in [5.41, 5.74) is 8.64. The first-order valence-corrected chi connectivity index (χ1v) is 4.37. The predicted molar refractivity (Wildman–Crippen MR) is 53.3 cm³/mol. The second kappa shape index (κ2) is 5.11.